The summed E-state index contributed by atoms with van der Waals surface area (Å²) < 4.78 is 5.56. The zero-order valence-electron chi connectivity index (χ0n) is 11.3. The Morgan fingerprint density at radius 2 is 2.36 bits per heavy atom. The van der Waals surface area contributed by atoms with E-state index in [0.717, 1.165) is 0 Å². The number of ether oxygens (including phenoxy) is 1. The predicted octanol–water partition coefficient (Wildman–Crippen LogP) is 3.17. The zero-order valence-corrected chi connectivity index (χ0v) is 13.7. The van der Waals surface area contributed by atoms with Gasteiger partial charge in [-0.15, -0.1) is 11.3 Å². The van der Waals surface area contributed by atoms with Crippen LogP contribution < -0.4 is 10.1 Å². The van der Waals surface area contributed by atoms with Gasteiger partial charge in [-0.2, -0.15) is 5.26 Å². The number of rotatable bonds is 4. The Morgan fingerprint density at radius 3 is 2.95 bits per heavy atom. The minimum absolute atomic E-state index is 0.0884. The van der Waals surface area contributed by atoms with E-state index in [0.29, 0.717) is 15.2 Å². The number of phenols is 1. The van der Waals surface area contributed by atoms with Crippen molar-refractivity contribution in [1.82, 2.24) is 4.98 Å². The van der Waals surface area contributed by atoms with Crippen LogP contribution in [0.4, 0.5) is 5.13 Å². The smallest absolute Gasteiger partial charge is 0.268 e. The van der Waals surface area contributed by atoms with Gasteiger partial charge >= 0.3 is 0 Å². The third-order valence-corrected chi connectivity index (χ3v) is 3.99. The maximum atomic E-state index is 12.0. The van der Waals surface area contributed by atoms with Crippen molar-refractivity contribution >= 4 is 44.4 Å². The molecular weight excluding hydrogens is 370 g/mol. The molecule has 2 N–H and O–H groups in total. The van der Waals surface area contributed by atoms with Crippen LogP contribution in [0.1, 0.15) is 5.56 Å². The van der Waals surface area contributed by atoms with E-state index in [1.54, 1.807) is 17.6 Å². The summed E-state index contributed by atoms with van der Waals surface area (Å²) >= 11 is 4.55. The molecule has 1 amide bonds. The Hall–Kier alpha value is -2.37. The lowest BCUT2D eigenvalue weighted by Gasteiger charge is -2.07. The van der Waals surface area contributed by atoms with Crippen LogP contribution in [-0.2, 0) is 4.79 Å². The number of anilines is 1. The van der Waals surface area contributed by atoms with Crippen LogP contribution in [0.5, 0.6) is 11.5 Å². The number of benzene rings is 1. The predicted molar refractivity (Wildman–Crippen MR) is 86.7 cm³/mol. The molecule has 6 nitrogen and oxygen atoms in total. The number of nitrogens with zero attached hydrogens (tertiary/aromatic N) is 2. The van der Waals surface area contributed by atoms with Crippen molar-refractivity contribution in [3.63, 3.8) is 0 Å². The Kier molecular flexibility index (Phi) is 5.14. The number of aromatic hydroxyl groups is 1. The summed E-state index contributed by atoms with van der Waals surface area (Å²) in [5.41, 5.74) is 0.365. The first kappa shape index (κ1) is 16.0. The Bertz CT molecular complexity index is 766. The molecule has 112 valence electrons. The van der Waals surface area contributed by atoms with Crippen molar-refractivity contribution in [1.29, 1.82) is 5.26 Å². The van der Waals surface area contributed by atoms with Gasteiger partial charge in [0.15, 0.2) is 16.6 Å². The lowest BCUT2D eigenvalue weighted by Crippen LogP contribution is -2.13. The molecular formula is C14H10BrN3O3S. The number of nitrogens with one attached hydrogen (secondary N) is 1. The molecule has 0 saturated heterocycles. The fourth-order valence-electron chi connectivity index (χ4n) is 1.59. The van der Waals surface area contributed by atoms with Crippen molar-refractivity contribution in [2.45, 2.75) is 0 Å². The number of hydrogen-bond donors (Lipinski definition) is 2. The summed E-state index contributed by atoms with van der Waals surface area (Å²) in [5, 5.41) is 23.6. The molecule has 0 aliphatic rings. The molecule has 2 rings (SSSR count). The van der Waals surface area contributed by atoms with E-state index in [1.807, 2.05) is 6.07 Å². The molecule has 0 aliphatic carbocycles. The minimum atomic E-state index is -0.570. The molecule has 1 aromatic heterocycles. The lowest BCUT2D eigenvalue weighted by molar-refractivity contribution is -0.112. The molecule has 1 aromatic carbocycles. The fourth-order valence-corrected chi connectivity index (χ4v) is 2.55. The Balaban J connectivity index is 2.31. The number of carbonyl (C=O) groups is 1. The first-order valence-electron chi connectivity index (χ1n) is 5.94. The second-order valence-electron chi connectivity index (χ2n) is 4.01. The molecule has 2 aromatic rings. The van der Waals surface area contributed by atoms with E-state index in [4.69, 9.17) is 10.00 Å². The van der Waals surface area contributed by atoms with Crippen LogP contribution in [0, 0.1) is 11.3 Å². The van der Waals surface area contributed by atoms with Gasteiger partial charge in [-0.3, -0.25) is 10.1 Å². The lowest BCUT2D eigenvalue weighted by atomic mass is 10.1. The highest BCUT2D eigenvalue weighted by atomic mass is 79.9. The number of aromatic nitrogens is 1. The van der Waals surface area contributed by atoms with Crippen LogP contribution in [0.25, 0.3) is 6.08 Å². The van der Waals surface area contributed by atoms with Crippen LogP contribution in [0.2, 0.25) is 0 Å². The summed E-state index contributed by atoms with van der Waals surface area (Å²) in [6, 6.07) is 4.78. The molecule has 1 heterocycles. The van der Waals surface area contributed by atoms with Gasteiger partial charge in [-0.25, -0.2) is 4.98 Å². The standard InChI is InChI=1S/C14H10BrN3O3S/c1-21-12-6-10(15)8(5-11(12)19)4-9(7-16)13(20)18-14-17-2-3-22-14/h2-6,19H,1H3,(H,17,18,20). The Labute approximate surface area is 138 Å². The van der Waals surface area contributed by atoms with E-state index >= 15 is 0 Å². The highest BCUT2D eigenvalue weighted by molar-refractivity contribution is 9.10. The minimum Gasteiger partial charge on any atom is -0.504 e. The maximum Gasteiger partial charge on any atom is 0.268 e. The van der Waals surface area contributed by atoms with E-state index < -0.39 is 5.91 Å². The van der Waals surface area contributed by atoms with E-state index in [9.17, 15) is 9.90 Å². The van der Waals surface area contributed by atoms with Crippen LogP contribution in [0.15, 0.2) is 33.8 Å². The molecule has 0 unspecified atom stereocenters. The maximum absolute atomic E-state index is 12.0. The number of nitriles is 1. The average molecular weight is 380 g/mol. The van der Waals surface area contributed by atoms with Crippen molar-refractivity contribution in [2.75, 3.05) is 12.4 Å². The Morgan fingerprint density at radius 1 is 1.59 bits per heavy atom. The quantitative estimate of drug-likeness (QED) is 0.628. The van der Waals surface area contributed by atoms with Crippen LogP contribution in [0.3, 0.4) is 0 Å². The molecule has 0 atom stereocenters. The van der Waals surface area contributed by atoms with Crippen LogP contribution in [-0.4, -0.2) is 23.1 Å². The molecule has 22 heavy (non-hydrogen) atoms. The third-order valence-electron chi connectivity index (χ3n) is 2.62. The molecule has 0 saturated carbocycles. The monoisotopic (exact) mass is 379 g/mol. The zero-order chi connectivity index (χ0) is 16.1. The number of phenolic OH excluding ortho intramolecular Hbond substituents is 1. The molecule has 0 radical (unpaired) electrons. The summed E-state index contributed by atoms with van der Waals surface area (Å²) in [6.45, 7) is 0. The van der Waals surface area contributed by atoms with Crippen molar-refractivity contribution in [3.05, 3.63) is 39.3 Å². The first-order valence-corrected chi connectivity index (χ1v) is 7.61. The van der Waals surface area contributed by atoms with Gasteiger partial charge in [0, 0.05) is 16.0 Å². The third kappa shape index (κ3) is 3.63. The van der Waals surface area contributed by atoms with E-state index in [-0.39, 0.29) is 17.1 Å². The van der Waals surface area contributed by atoms with Crippen LogP contribution >= 0.6 is 27.3 Å². The summed E-state index contributed by atoms with van der Waals surface area (Å²) in [7, 11) is 1.43. The van der Waals surface area contributed by atoms with Gasteiger partial charge in [0.2, 0.25) is 0 Å². The topological polar surface area (TPSA) is 95.2 Å². The summed E-state index contributed by atoms with van der Waals surface area (Å²) in [4.78, 5) is 15.9. The molecule has 8 heteroatoms. The largest absolute Gasteiger partial charge is 0.504 e. The molecule has 0 spiro atoms. The SMILES string of the molecule is COc1cc(Br)c(C=C(C#N)C(=O)Nc2nccs2)cc1O. The van der Waals surface area contributed by atoms with Crippen molar-refractivity contribution in [2.24, 2.45) is 0 Å². The second kappa shape index (κ2) is 7.06. The van der Waals surface area contributed by atoms with Gasteiger partial charge in [0.25, 0.3) is 5.91 Å². The first-order chi connectivity index (χ1) is 10.5. The summed E-state index contributed by atoms with van der Waals surface area (Å²) in [5.74, 6) is -0.371. The van der Waals surface area contributed by atoms with Crippen molar-refractivity contribution in [3.8, 4) is 17.6 Å². The average Bonchev–Trinajstić information content (AvgIpc) is 3.00. The number of hydrogen-bond acceptors (Lipinski definition) is 6. The van der Waals surface area contributed by atoms with Gasteiger partial charge in [-0.1, -0.05) is 15.9 Å². The molecule has 0 aliphatic heterocycles. The van der Waals surface area contributed by atoms with Crippen molar-refractivity contribution < 1.29 is 14.6 Å². The molecule has 0 bridgehead atoms. The van der Waals surface area contributed by atoms with E-state index in [1.165, 1.54) is 30.6 Å². The number of thiazole rings is 1. The number of halogens is 1. The normalized spacial score (nSPS) is 10.9. The summed E-state index contributed by atoms with van der Waals surface area (Å²) in [6.07, 6.45) is 2.92. The number of amides is 1. The highest BCUT2D eigenvalue weighted by Gasteiger charge is 2.13. The van der Waals surface area contributed by atoms with Gasteiger partial charge in [-0.05, 0) is 23.8 Å². The molecule has 0 fully saturated rings. The van der Waals surface area contributed by atoms with E-state index in [2.05, 4.69) is 26.2 Å². The number of methoxy groups -OCH3 is 1. The van der Waals surface area contributed by atoms with Gasteiger partial charge in [0.1, 0.15) is 11.6 Å². The number of carbonyl (C=O) groups excluding carboxylic acids is 1. The highest BCUT2D eigenvalue weighted by Crippen LogP contribution is 2.33. The van der Waals surface area contributed by atoms with Gasteiger partial charge in [0.05, 0.1) is 7.11 Å². The van der Waals surface area contributed by atoms with Gasteiger partial charge < -0.3 is 9.84 Å². The fraction of sp³-hybridized carbons (Fsp3) is 0.0714. The second-order valence-corrected chi connectivity index (χ2v) is 5.76.